The van der Waals surface area contributed by atoms with E-state index in [0.717, 1.165) is 10.0 Å². The molecule has 15 heavy (non-hydrogen) atoms. The quantitative estimate of drug-likeness (QED) is 0.844. The minimum atomic E-state index is -3.25. The van der Waals surface area contributed by atoms with E-state index in [1.54, 1.807) is 12.1 Å². The van der Waals surface area contributed by atoms with Crippen LogP contribution in [0.15, 0.2) is 41.4 Å². The Morgan fingerprint density at radius 3 is 2.47 bits per heavy atom. The van der Waals surface area contributed by atoms with Crippen LogP contribution < -0.4 is 4.72 Å². The zero-order chi connectivity index (χ0) is 11.3. The molecule has 0 aromatic heterocycles. The predicted molar refractivity (Wildman–Crippen MR) is 65.0 cm³/mol. The lowest BCUT2D eigenvalue weighted by Crippen LogP contribution is -2.25. The fourth-order valence-corrected chi connectivity index (χ4v) is 2.41. The van der Waals surface area contributed by atoms with Crippen molar-refractivity contribution >= 4 is 26.0 Å². The van der Waals surface area contributed by atoms with E-state index in [2.05, 4.69) is 27.2 Å². The van der Waals surface area contributed by atoms with Gasteiger partial charge < -0.3 is 0 Å². The van der Waals surface area contributed by atoms with Gasteiger partial charge in [0.2, 0.25) is 10.0 Å². The minimum Gasteiger partial charge on any atom is -0.212 e. The van der Waals surface area contributed by atoms with Crippen molar-refractivity contribution in [3.05, 3.63) is 47.0 Å². The van der Waals surface area contributed by atoms with Gasteiger partial charge in [-0.1, -0.05) is 34.1 Å². The lowest BCUT2D eigenvalue weighted by Gasteiger charge is -2.04. The van der Waals surface area contributed by atoms with Crippen LogP contribution in [-0.2, 0) is 15.8 Å². The Hall–Kier alpha value is -0.650. The molecule has 0 radical (unpaired) electrons. The largest absolute Gasteiger partial charge is 0.216 e. The van der Waals surface area contributed by atoms with Crippen molar-refractivity contribution in [1.29, 1.82) is 0 Å². The van der Waals surface area contributed by atoms with Crippen LogP contribution in [0.25, 0.3) is 0 Å². The molecule has 1 aromatic rings. The van der Waals surface area contributed by atoms with Gasteiger partial charge in [0.25, 0.3) is 0 Å². The molecule has 1 N–H and O–H groups in total. The highest BCUT2D eigenvalue weighted by Crippen LogP contribution is 2.12. The van der Waals surface area contributed by atoms with Gasteiger partial charge >= 0.3 is 0 Å². The molecule has 0 atom stereocenters. The average Bonchev–Trinajstić information content (AvgIpc) is 2.18. The van der Waals surface area contributed by atoms with Crippen LogP contribution >= 0.6 is 15.9 Å². The van der Waals surface area contributed by atoms with Gasteiger partial charge in [-0.25, -0.2) is 13.1 Å². The third kappa shape index (κ3) is 4.59. The molecule has 0 amide bonds. The summed E-state index contributed by atoms with van der Waals surface area (Å²) in [5.74, 6) is -0.00583. The van der Waals surface area contributed by atoms with Crippen molar-refractivity contribution in [2.75, 3.05) is 6.54 Å². The van der Waals surface area contributed by atoms with Gasteiger partial charge in [0.05, 0.1) is 5.75 Å². The van der Waals surface area contributed by atoms with Gasteiger partial charge in [-0.3, -0.25) is 0 Å². The third-order valence-electron chi connectivity index (χ3n) is 1.72. The number of hydrogen-bond acceptors (Lipinski definition) is 2. The number of nitrogens with one attached hydrogen (secondary N) is 1. The van der Waals surface area contributed by atoms with Crippen LogP contribution in [0.1, 0.15) is 5.56 Å². The second kappa shape index (κ2) is 5.44. The molecular formula is C10H12BrNO2S. The lowest BCUT2D eigenvalue weighted by atomic mass is 10.2. The topological polar surface area (TPSA) is 46.2 Å². The Bertz CT molecular complexity index is 425. The van der Waals surface area contributed by atoms with Crippen LogP contribution in [-0.4, -0.2) is 15.0 Å². The highest BCUT2D eigenvalue weighted by Gasteiger charge is 2.09. The maximum Gasteiger partial charge on any atom is 0.216 e. The summed E-state index contributed by atoms with van der Waals surface area (Å²) in [6.07, 6.45) is 1.51. The van der Waals surface area contributed by atoms with E-state index in [0.29, 0.717) is 0 Å². The summed E-state index contributed by atoms with van der Waals surface area (Å²) in [4.78, 5) is 0. The van der Waals surface area contributed by atoms with Crippen molar-refractivity contribution in [1.82, 2.24) is 4.72 Å². The van der Waals surface area contributed by atoms with E-state index < -0.39 is 10.0 Å². The van der Waals surface area contributed by atoms with Crippen molar-refractivity contribution in [3.8, 4) is 0 Å². The molecule has 0 heterocycles. The maximum absolute atomic E-state index is 11.5. The lowest BCUT2D eigenvalue weighted by molar-refractivity contribution is 0.585. The second-order valence-electron chi connectivity index (χ2n) is 3.02. The summed E-state index contributed by atoms with van der Waals surface area (Å²) < 4.78 is 26.3. The maximum atomic E-state index is 11.5. The monoisotopic (exact) mass is 289 g/mol. The number of rotatable bonds is 5. The number of sulfonamides is 1. The first kappa shape index (κ1) is 12.4. The van der Waals surface area contributed by atoms with Crippen LogP contribution in [0.5, 0.6) is 0 Å². The highest BCUT2D eigenvalue weighted by atomic mass is 79.9. The van der Waals surface area contributed by atoms with Gasteiger partial charge in [-0.2, -0.15) is 0 Å². The van der Waals surface area contributed by atoms with Gasteiger partial charge in [0.1, 0.15) is 0 Å². The summed E-state index contributed by atoms with van der Waals surface area (Å²) in [6, 6.07) is 7.19. The zero-order valence-corrected chi connectivity index (χ0v) is 10.5. The molecule has 1 aromatic carbocycles. The summed E-state index contributed by atoms with van der Waals surface area (Å²) in [7, 11) is -3.25. The molecule has 0 saturated heterocycles. The van der Waals surface area contributed by atoms with Crippen molar-refractivity contribution in [3.63, 3.8) is 0 Å². The molecule has 5 heteroatoms. The average molecular weight is 290 g/mol. The van der Waals surface area contributed by atoms with Crippen LogP contribution in [0.3, 0.4) is 0 Å². The van der Waals surface area contributed by atoms with Crippen molar-refractivity contribution in [2.24, 2.45) is 0 Å². The molecule has 3 nitrogen and oxygen atoms in total. The Morgan fingerprint density at radius 2 is 1.93 bits per heavy atom. The molecule has 1 rings (SSSR count). The molecule has 0 aliphatic heterocycles. The SMILES string of the molecule is C=CCNS(=O)(=O)Cc1ccc(Br)cc1. The fraction of sp³-hybridized carbons (Fsp3) is 0.200. The molecule has 0 aliphatic rings. The molecule has 0 fully saturated rings. The Kier molecular flexibility index (Phi) is 4.50. The van der Waals surface area contributed by atoms with E-state index >= 15 is 0 Å². The first-order valence-electron chi connectivity index (χ1n) is 4.36. The standard InChI is InChI=1S/C10H12BrNO2S/c1-2-7-12-15(13,14)8-9-3-5-10(11)6-4-9/h2-6,12H,1,7-8H2. The molecule has 0 bridgehead atoms. The first-order chi connectivity index (χ1) is 7.03. The van der Waals surface area contributed by atoms with Crippen LogP contribution in [0, 0.1) is 0 Å². The Labute approximate surface area is 98.4 Å². The number of halogens is 1. The van der Waals surface area contributed by atoms with Gasteiger partial charge in [0.15, 0.2) is 0 Å². The normalized spacial score (nSPS) is 11.3. The van der Waals surface area contributed by atoms with Crippen LogP contribution in [0.2, 0.25) is 0 Å². The van der Waals surface area contributed by atoms with E-state index in [1.165, 1.54) is 6.08 Å². The predicted octanol–water partition coefficient (Wildman–Crippen LogP) is 2.05. The molecule has 0 unspecified atom stereocenters. The number of hydrogen-bond donors (Lipinski definition) is 1. The summed E-state index contributed by atoms with van der Waals surface area (Å²) >= 11 is 3.29. The molecule has 82 valence electrons. The first-order valence-corrected chi connectivity index (χ1v) is 6.81. The fourth-order valence-electron chi connectivity index (χ4n) is 1.04. The van der Waals surface area contributed by atoms with Crippen molar-refractivity contribution in [2.45, 2.75) is 5.75 Å². The second-order valence-corrected chi connectivity index (χ2v) is 5.75. The highest BCUT2D eigenvalue weighted by molar-refractivity contribution is 9.10. The minimum absolute atomic E-state index is 0.00583. The van der Waals surface area contributed by atoms with Gasteiger partial charge in [-0.15, -0.1) is 6.58 Å². The summed E-state index contributed by atoms with van der Waals surface area (Å²) in [5, 5.41) is 0. The Balaban J connectivity index is 2.69. The van der Waals surface area contributed by atoms with Gasteiger partial charge in [-0.05, 0) is 17.7 Å². The zero-order valence-electron chi connectivity index (χ0n) is 8.11. The smallest absolute Gasteiger partial charge is 0.212 e. The summed E-state index contributed by atoms with van der Waals surface area (Å²) in [6.45, 7) is 3.71. The third-order valence-corrected chi connectivity index (χ3v) is 3.57. The molecular weight excluding hydrogens is 278 g/mol. The van der Waals surface area contributed by atoms with Crippen molar-refractivity contribution < 1.29 is 8.42 Å². The van der Waals surface area contributed by atoms with E-state index in [-0.39, 0.29) is 12.3 Å². The Morgan fingerprint density at radius 1 is 1.33 bits per heavy atom. The molecule has 0 aliphatic carbocycles. The van der Waals surface area contributed by atoms with Gasteiger partial charge in [0, 0.05) is 11.0 Å². The van der Waals surface area contributed by atoms with E-state index in [4.69, 9.17) is 0 Å². The molecule has 0 saturated carbocycles. The van der Waals surface area contributed by atoms with Crippen LogP contribution in [0.4, 0.5) is 0 Å². The van der Waals surface area contributed by atoms with E-state index in [1.807, 2.05) is 12.1 Å². The van der Waals surface area contributed by atoms with E-state index in [9.17, 15) is 8.42 Å². The number of benzene rings is 1. The molecule has 0 spiro atoms. The summed E-state index contributed by atoms with van der Waals surface area (Å²) in [5.41, 5.74) is 0.759.